The number of hydrogen-bond donors (Lipinski definition) is 1. The number of nitrogens with one attached hydrogen (secondary N) is 1. The highest BCUT2D eigenvalue weighted by molar-refractivity contribution is 7.20. The third-order valence-corrected chi connectivity index (χ3v) is 4.49. The summed E-state index contributed by atoms with van der Waals surface area (Å²) in [5.74, 6) is 0. The first kappa shape index (κ1) is 13.9. The van der Waals surface area contributed by atoms with Gasteiger partial charge in [0, 0.05) is 11.6 Å². The van der Waals surface area contributed by atoms with Crippen molar-refractivity contribution in [2.75, 3.05) is 7.05 Å². The summed E-state index contributed by atoms with van der Waals surface area (Å²) >= 11 is 13.6. The van der Waals surface area contributed by atoms with Gasteiger partial charge in [-0.2, -0.15) is 0 Å². The van der Waals surface area contributed by atoms with Crippen molar-refractivity contribution >= 4 is 34.5 Å². The van der Waals surface area contributed by atoms with Crippen molar-refractivity contribution in [3.05, 3.63) is 56.2 Å². The molecule has 0 bridgehead atoms. The van der Waals surface area contributed by atoms with E-state index in [4.69, 9.17) is 23.2 Å². The number of benzene rings is 1. The smallest absolute Gasteiger partial charge is 0.0991 e. The van der Waals surface area contributed by atoms with Crippen molar-refractivity contribution in [2.24, 2.45) is 0 Å². The first-order chi connectivity index (χ1) is 8.70. The minimum atomic E-state index is 0.251. The predicted octanol–water partition coefficient (Wildman–Crippen LogP) is 4.95. The maximum atomic E-state index is 6.19. The largest absolute Gasteiger partial charge is 0.313 e. The molecule has 0 fully saturated rings. The fourth-order valence-electron chi connectivity index (χ4n) is 2.00. The van der Waals surface area contributed by atoms with Gasteiger partial charge in [-0.1, -0.05) is 53.5 Å². The van der Waals surface area contributed by atoms with Gasteiger partial charge in [0.2, 0.25) is 0 Å². The van der Waals surface area contributed by atoms with Crippen molar-refractivity contribution < 1.29 is 0 Å². The molecular formula is C14H15Cl2NS. The van der Waals surface area contributed by atoms with Crippen LogP contribution in [-0.4, -0.2) is 7.05 Å². The Morgan fingerprint density at radius 3 is 2.50 bits per heavy atom. The molecule has 0 radical (unpaired) electrons. The van der Waals surface area contributed by atoms with Crippen LogP contribution in [0.15, 0.2) is 36.4 Å². The summed E-state index contributed by atoms with van der Waals surface area (Å²) in [5, 5.41) is 3.31. The van der Waals surface area contributed by atoms with Crippen LogP contribution in [0.1, 0.15) is 23.6 Å². The van der Waals surface area contributed by atoms with E-state index in [2.05, 4.69) is 29.6 Å². The molecule has 0 saturated carbocycles. The fraction of sp³-hybridized carbons (Fsp3) is 0.286. The van der Waals surface area contributed by atoms with E-state index in [1.54, 1.807) is 0 Å². The number of halogens is 2. The molecule has 1 atom stereocenters. The van der Waals surface area contributed by atoms with Gasteiger partial charge in [0.15, 0.2) is 0 Å². The van der Waals surface area contributed by atoms with E-state index in [-0.39, 0.29) is 6.04 Å². The Kier molecular flexibility index (Phi) is 5.07. The Morgan fingerprint density at radius 1 is 1.22 bits per heavy atom. The summed E-state index contributed by atoms with van der Waals surface area (Å²) in [7, 11) is 1.96. The topological polar surface area (TPSA) is 12.0 Å². The average Bonchev–Trinajstić information content (AvgIpc) is 2.71. The molecule has 2 aromatic rings. The monoisotopic (exact) mass is 299 g/mol. The fourth-order valence-corrected chi connectivity index (χ4v) is 3.58. The molecule has 0 saturated heterocycles. The molecule has 1 aromatic heterocycles. The van der Waals surface area contributed by atoms with Gasteiger partial charge < -0.3 is 5.32 Å². The van der Waals surface area contributed by atoms with Crippen LogP contribution >= 0.6 is 34.5 Å². The van der Waals surface area contributed by atoms with Gasteiger partial charge in [-0.05, 0) is 31.5 Å². The lowest BCUT2D eigenvalue weighted by Crippen LogP contribution is -2.16. The average molecular weight is 300 g/mol. The van der Waals surface area contributed by atoms with Crippen molar-refractivity contribution in [1.29, 1.82) is 0 Å². The molecule has 2 rings (SSSR count). The molecule has 1 unspecified atom stereocenters. The van der Waals surface area contributed by atoms with Crippen molar-refractivity contribution in [1.82, 2.24) is 5.32 Å². The Balaban J connectivity index is 2.04. The van der Waals surface area contributed by atoms with Crippen LogP contribution in [-0.2, 0) is 6.42 Å². The van der Waals surface area contributed by atoms with Crippen molar-refractivity contribution in [3.8, 4) is 0 Å². The summed E-state index contributed by atoms with van der Waals surface area (Å²) in [6.07, 6.45) is 2.03. The third kappa shape index (κ3) is 3.48. The number of thiophene rings is 1. The molecule has 4 heteroatoms. The highest BCUT2D eigenvalue weighted by atomic mass is 35.5. The van der Waals surface area contributed by atoms with Crippen LogP contribution in [0.2, 0.25) is 8.67 Å². The normalized spacial score (nSPS) is 12.6. The summed E-state index contributed by atoms with van der Waals surface area (Å²) in [6, 6.07) is 12.7. The number of hydrogen-bond acceptors (Lipinski definition) is 2. The van der Waals surface area contributed by atoms with E-state index >= 15 is 0 Å². The van der Waals surface area contributed by atoms with Gasteiger partial charge >= 0.3 is 0 Å². The van der Waals surface area contributed by atoms with E-state index in [0.717, 1.165) is 27.1 Å². The molecule has 1 aromatic carbocycles. The molecular weight excluding hydrogens is 285 g/mol. The molecule has 1 nitrogen and oxygen atoms in total. The molecule has 0 spiro atoms. The Hall–Kier alpha value is -0.540. The first-order valence-electron chi connectivity index (χ1n) is 5.86. The second-order valence-corrected chi connectivity index (χ2v) is 6.43. The Labute approximate surface area is 122 Å². The molecule has 96 valence electrons. The van der Waals surface area contributed by atoms with Crippen LogP contribution in [0.4, 0.5) is 0 Å². The quantitative estimate of drug-likeness (QED) is 0.824. The van der Waals surface area contributed by atoms with Gasteiger partial charge in [0.05, 0.1) is 8.67 Å². The van der Waals surface area contributed by atoms with E-state index in [1.165, 1.54) is 16.9 Å². The maximum Gasteiger partial charge on any atom is 0.0991 e. The van der Waals surface area contributed by atoms with Crippen LogP contribution in [0, 0.1) is 0 Å². The molecule has 1 heterocycles. The Morgan fingerprint density at radius 2 is 1.94 bits per heavy atom. The van der Waals surface area contributed by atoms with Gasteiger partial charge in [-0.15, -0.1) is 11.3 Å². The minimum absolute atomic E-state index is 0.251. The summed E-state index contributed by atoms with van der Waals surface area (Å²) in [4.78, 5) is 0. The van der Waals surface area contributed by atoms with Crippen LogP contribution in [0.5, 0.6) is 0 Å². The molecule has 0 aliphatic carbocycles. The minimum Gasteiger partial charge on any atom is -0.313 e. The SMILES string of the molecule is CNC(CCc1ccccc1)c1cc(Cl)sc1Cl. The second-order valence-electron chi connectivity index (χ2n) is 4.15. The molecule has 0 amide bonds. The molecule has 0 aliphatic rings. The lowest BCUT2D eigenvalue weighted by atomic mass is 10.0. The van der Waals surface area contributed by atoms with Gasteiger partial charge in [-0.3, -0.25) is 0 Å². The maximum absolute atomic E-state index is 6.19. The molecule has 1 N–H and O–H groups in total. The van der Waals surface area contributed by atoms with E-state index < -0.39 is 0 Å². The zero-order valence-corrected chi connectivity index (χ0v) is 12.4. The van der Waals surface area contributed by atoms with Crippen LogP contribution in [0.25, 0.3) is 0 Å². The zero-order valence-electron chi connectivity index (χ0n) is 10.1. The number of aryl methyl sites for hydroxylation is 1. The highest BCUT2D eigenvalue weighted by Crippen LogP contribution is 2.36. The van der Waals surface area contributed by atoms with E-state index in [0.29, 0.717) is 0 Å². The van der Waals surface area contributed by atoms with Crippen molar-refractivity contribution in [2.45, 2.75) is 18.9 Å². The summed E-state index contributed by atoms with van der Waals surface area (Å²) in [5.41, 5.74) is 2.44. The standard InChI is InChI=1S/C14H15Cl2NS/c1-17-12(11-9-13(15)18-14(11)16)8-7-10-5-3-2-4-6-10/h2-6,9,12,17H,7-8H2,1H3. The number of rotatable bonds is 5. The molecule has 0 aliphatic heterocycles. The van der Waals surface area contributed by atoms with Crippen LogP contribution < -0.4 is 5.32 Å². The van der Waals surface area contributed by atoms with Crippen LogP contribution in [0.3, 0.4) is 0 Å². The summed E-state index contributed by atoms with van der Waals surface area (Å²) < 4.78 is 1.53. The lowest BCUT2D eigenvalue weighted by Gasteiger charge is -2.15. The second kappa shape index (κ2) is 6.58. The van der Waals surface area contributed by atoms with Crippen molar-refractivity contribution in [3.63, 3.8) is 0 Å². The predicted molar refractivity (Wildman–Crippen MR) is 80.9 cm³/mol. The van der Waals surface area contributed by atoms with Gasteiger partial charge in [0.25, 0.3) is 0 Å². The third-order valence-electron chi connectivity index (χ3n) is 2.97. The lowest BCUT2D eigenvalue weighted by molar-refractivity contribution is 0.551. The van der Waals surface area contributed by atoms with Gasteiger partial charge in [0.1, 0.15) is 0 Å². The summed E-state index contributed by atoms with van der Waals surface area (Å²) in [6.45, 7) is 0. The van der Waals surface area contributed by atoms with E-state index in [9.17, 15) is 0 Å². The van der Waals surface area contributed by atoms with Gasteiger partial charge in [-0.25, -0.2) is 0 Å². The zero-order chi connectivity index (χ0) is 13.0. The molecule has 18 heavy (non-hydrogen) atoms. The Bertz CT molecular complexity index is 496. The first-order valence-corrected chi connectivity index (χ1v) is 7.44. The van der Waals surface area contributed by atoms with E-state index in [1.807, 2.05) is 19.2 Å². The highest BCUT2D eigenvalue weighted by Gasteiger charge is 2.15.